The first-order valence-electron chi connectivity index (χ1n) is 6.37. The van der Waals surface area contributed by atoms with E-state index in [2.05, 4.69) is 29.7 Å². The molecule has 3 heteroatoms. The maximum atomic E-state index is 11.2. The Labute approximate surface area is 107 Å². The molecule has 0 radical (unpaired) electrons. The van der Waals surface area contributed by atoms with Crippen LogP contribution in [0.25, 0.3) is 10.9 Å². The average molecular weight is 245 g/mol. The molecule has 0 aliphatic rings. The minimum absolute atomic E-state index is 0.201. The summed E-state index contributed by atoms with van der Waals surface area (Å²) in [5.74, 6) is -0.231. The third kappa shape index (κ3) is 2.40. The molecule has 0 fully saturated rings. The molecule has 1 heterocycles. The molecule has 0 aliphatic carbocycles. The summed E-state index contributed by atoms with van der Waals surface area (Å²) >= 11 is 0. The monoisotopic (exact) mass is 245 g/mol. The van der Waals surface area contributed by atoms with Gasteiger partial charge in [0.25, 0.3) is 0 Å². The van der Waals surface area contributed by atoms with Gasteiger partial charge in [0, 0.05) is 19.0 Å². The molecule has 0 spiro atoms. The molecule has 2 rings (SSSR count). The molecule has 96 valence electrons. The predicted molar refractivity (Wildman–Crippen MR) is 72.4 cm³/mol. The molecule has 0 bridgehead atoms. The zero-order chi connectivity index (χ0) is 13.1. The van der Waals surface area contributed by atoms with Gasteiger partial charge in [0.2, 0.25) is 0 Å². The van der Waals surface area contributed by atoms with Crippen molar-refractivity contribution in [1.29, 1.82) is 0 Å². The lowest BCUT2D eigenvalue weighted by Gasteiger charge is -2.21. The van der Waals surface area contributed by atoms with Crippen molar-refractivity contribution in [3.05, 3.63) is 36.0 Å². The fourth-order valence-corrected chi connectivity index (χ4v) is 2.38. The van der Waals surface area contributed by atoms with Crippen molar-refractivity contribution >= 4 is 16.9 Å². The van der Waals surface area contributed by atoms with Gasteiger partial charge in [-0.2, -0.15) is 0 Å². The summed E-state index contributed by atoms with van der Waals surface area (Å²) in [4.78, 5) is 11.2. The van der Waals surface area contributed by atoms with E-state index in [-0.39, 0.29) is 12.2 Å². The van der Waals surface area contributed by atoms with Crippen molar-refractivity contribution in [2.24, 2.45) is 0 Å². The molecule has 1 aromatic carbocycles. The smallest absolute Gasteiger partial charge is 0.304 e. The summed E-state index contributed by atoms with van der Waals surface area (Å²) in [6.45, 7) is 5.60. The van der Waals surface area contributed by atoms with Gasteiger partial charge in [-0.1, -0.05) is 31.5 Å². The third-order valence-corrected chi connectivity index (χ3v) is 3.07. The van der Waals surface area contributed by atoms with Gasteiger partial charge in [0.1, 0.15) is 0 Å². The number of carbonyl (C=O) groups is 1. The van der Waals surface area contributed by atoms with Crippen molar-refractivity contribution in [2.75, 3.05) is 0 Å². The highest BCUT2D eigenvalue weighted by molar-refractivity contribution is 5.81. The lowest BCUT2D eigenvalue weighted by atomic mass is 10.2. The van der Waals surface area contributed by atoms with Gasteiger partial charge in [-0.3, -0.25) is 4.79 Å². The van der Waals surface area contributed by atoms with E-state index in [9.17, 15) is 4.79 Å². The first kappa shape index (κ1) is 12.7. The van der Waals surface area contributed by atoms with Crippen molar-refractivity contribution < 1.29 is 9.53 Å². The van der Waals surface area contributed by atoms with Crippen LogP contribution < -0.4 is 0 Å². The molecule has 2 aromatic rings. The van der Waals surface area contributed by atoms with Crippen LogP contribution >= 0.6 is 0 Å². The lowest BCUT2D eigenvalue weighted by molar-refractivity contribution is -0.151. The number of aryl methyl sites for hydroxylation is 1. The Bertz CT molecular complexity index is 557. The Hall–Kier alpha value is -1.77. The fraction of sp³-hybridized carbons (Fsp3) is 0.400. The summed E-state index contributed by atoms with van der Waals surface area (Å²) in [6.07, 6.45) is 1.61. The van der Waals surface area contributed by atoms with Crippen molar-refractivity contribution in [1.82, 2.24) is 4.57 Å². The van der Waals surface area contributed by atoms with Gasteiger partial charge >= 0.3 is 5.97 Å². The first-order valence-corrected chi connectivity index (χ1v) is 6.37. The number of hydrogen-bond donors (Lipinski definition) is 0. The zero-order valence-electron chi connectivity index (χ0n) is 11.1. The maximum absolute atomic E-state index is 11.2. The van der Waals surface area contributed by atoms with Crippen LogP contribution in [0.1, 0.15) is 38.6 Å². The van der Waals surface area contributed by atoms with Crippen molar-refractivity contribution in [2.45, 2.75) is 39.8 Å². The number of para-hydroxylation sites is 1. The summed E-state index contributed by atoms with van der Waals surface area (Å²) in [6, 6.07) is 10.3. The Morgan fingerprint density at radius 1 is 1.39 bits per heavy atom. The van der Waals surface area contributed by atoms with E-state index in [4.69, 9.17) is 4.74 Å². The van der Waals surface area contributed by atoms with Gasteiger partial charge in [0.15, 0.2) is 6.23 Å². The predicted octanol–water partition coefficient (Wildman–Crippen LogP) is 3.81. The highest BCUT2D eigenvalue weighted by atomic mass is 16.6. The number of benzene rings is 1. The lowest BCUT2D eigenvalue weighted by Crippen LogP contribution is -2.16. The molecule has 0 N–H and O–H groups in total. The molecule has 0 amide bonds. The summed E-state index contributed by atoms with van der Waals surface area (Å²) in [5, 5.41) is 1.18. The molecular formula is C15H19NO2. The zero-order valence-corrected chi connectivity index (χ0v) is 11.1. The summed E-state index contributed by atoms with van der Waals surface area (Å²) in [7, 11) is 0. The minimum Gasteiger partial charge on any atom is -0.441 e. The van der Waals surface area contributed by atoms with Gasteiger partial charge in [-0.15, -0.1) is 0 Å². The van der Waals surface area contributed by atoms with Crippen LogP contribution in [0.15, 0.2) is 30.3 Å². The molecule has 0 saturated heterocycles. The van der Waals surface area contributed by atoms with Gasteiger partial charge in [-0.25, -0.2) is 0 Å². The van der Waals surface area contributed by atoms with Crippen LogP contribution in [-0.4, -0.2) is 10.5 Å². The topological polar surface area (TPSA) is 31.2 Å². The Morgan fingerprint density at radius 3 is 2.78 bits per heavy atom. The molecule has 3 nitrogen and oxygen atoms in total. The summed E-state index contributed by atoms with van der Waals surface area (Å²) in [5.41, 5.74) is 2.24. The minimum atomic E-state index is -0.231. The van der Waals surface area contributed by atoms with Crippen LogP contribution in [0, 0.1) is 6.92 Å². The van der Waals surface area contributed by atoms with E-state index in [1.807, 2.05) is 19.1 Å². The fourth-order valence-electron chi connectivity index (χ4n) is 2.38. The second kappa shape index (κ2) is 5.25. The standard InChI is InChI=1S/C15H19NO2/c1-4-7-15(18-12(3)17)16-11(2)10-13-8-5-6-9-14(13)16/h5-6,8-10,15H,4,7H2,1-3H3. The molecule has 1 unspecified atom stereocenters. The number of esters is 1. The van der Waals surface area contributed by atoms with E-state index in [0.717, 1.165) is 24.1 Å². The van der Waals surface area contributed by atoms with E-state index in [1.165, 1.54) is 12.3 Å². The summed E-state index contributed by atoms with van der Waals surface area (Å²) < 4.78 is 7.56. The maximum Gasteiger partial charge on any atom is 0.304 e. The molecular weight excluding hydrogens is 226 g/mol. The quantitative estimate of drug-likeness (QED) is 0.767. The van der Waals surface area contributed by atoms with Gasteiger partial charge < -0.3 is 9.30 Å². The van der Waals surface area contributed by atoms with Crippen LogP contribution in [0.2, 0.25) is 0 Å². The van der Waals surface area contributed by atoms with Crippen LogP contribution in [-0.2, 0) is 9.53 Å². The molecule has 0 aliphatic heterocycles. The number of nitrogens with zero attached hydrogens (tertiary/aromatic N) is 1. The van der Waals surface area contributed by atoms with Gasteiger partial charge in [-0.05, 0) is 24.4 Å². The number of aromatic nitrogens is 1. The number of ether oxygens (including phenoxy) is 1. The van der Waals surface area contributed by atoms with Crippen LogP contribution in [0.5, 0.6) is 0 Å². The first-order chi connectivity index (χ1) is 8.63. The number of rotatable bonds is 4. The van der Waals surface area contributed by atoms with Gasteiger partial charge in [0.05, 0.1) is 5.52 Å². The van der Waals surface area contributed by atoms with Crippen LogP contribution in [0.3, 0.4) is 0 Å². The van der Waals surface area contributed by atoms with E-state index in [1.54, 1.807) is 0 Å². The van der Waals surface area contributed by atoms with E-state index in [0.29, 0.717) is 0 Å². The average Bonchev–Trinajstić information content (AvgIpc) is 2.63. The second-order valence-electron chi connectivity index (χ2n) is 4.57. The third-order valence-electron chi connectivity index (χ3n) is 3.07. The number of fused-ring (bicyclic) bond motifs is 1. The normalized spacial score (nSPS) is 12.6. The Balaban J connectivity index is 2.48. The Morgan fingerprint density at radius 2 is 2.11 bits per heavy atom. The highest BCUT2D eigenvalue weighted by Gasteiger charge is 2.17. The second-order valence-corrected chi connectivity index (χ2v) is 4.57. The number of carbonyl (C=O) groups excluding carboxylic acids is 1. The molecule has 0 saturated carbocycles. The molecule has 18 heavy (non-hydrogen) atoms. The van der Waals surface area contributed by atoms with Crippen LogP contribution in [0.4, 0.5) is 0 Å². The largest absolute Gasteiger partial charge is 0.441 e. The SMILES string of the molecule is CCCC(OC(C)=O)n1c(C)cc2ccccc21. The molecule has 1 aromatic heterocycles. The van der Waals surface area contributed by atoms with Crippen molar-refractivity contribution in [3.8, 4) is 0 Å². The van der Waals surface area contributed by atoms with E-state index >= 15 is 0 Å². The Kier molecular flexibility index (Phi) is 3.70. The highest BCUT2D eigenvalue weighted by Crippen LogP contribution is 2.27. The number of hydrogen-bond acceptors (Lipinski definition) is 2. The van der Waals surface area contributed by atoms with E-state index < -0.39 is 0 Å². The molecule has 1 atom stereocenters. The van der Waals surface area contributed by atoms with Crippen molar-refractivity contribution in [3.63, 3.8) is 0 Å².